The van der Waals surface area contributed by atoms with Crippen molar-refractivity contribution in [3.05, 3.63) is 18.2 Å². The predicted octanol–water partition coefficient (Wildman–Crippen LogP) is 1.50. The predicted molar refractivity (Wildman–Crippen MR) is 62.1 cm³/mol. The highest BCUT2D eigenvalue weighted by molar-refractivity contribution is 5.70. The Balaban J connectivity index is 2.23. The fraction of sp³-hybridized carbons (Fsp3) is 0.300. The van der Waals surface area contributed by atoms with E-state index in [1.807, 2.05) is 6.92 Å². The SMILES string of the molecule is CCOc1ncnc(Nc2cc(C)on2)c1N. The molecule has 0 spiro atoms. The van der Waals surface area contributed by atoms with E-state index >= 15 is 0 Å². The largest absolute Gasteiger partial charge is 0.476 e. The van der Waals surface area contributed by atoms with Gasteiger partial charge in [0, 0.05) is 6.07 Å². The lowest BCUT2D eigenvalue weighted by atomic mass is 10.4. The number of nitrogens with zero attached hydrogens (tertiary/aromatic N) is 3. The summed E-state index contributed by atoms with van der Waals surface area (Å²) in [5, 5.41) is 6.72. The minimum atomic E-state index is 0.343. The zero-order valence-corrected chi connectivity index (χ0v) is 9.60. The lowest BCUT2D eigenvalue weighted by molar-refractivity contribution is 0.328. The maximum absolute atomic E-state index is 5.85. The van der Waals surface area contributed by atoms with Gasteiger partial charge in [0.1, 0.15) is 17.8 Å². The lowest BCUT2D eigenvalue weighted by Crippen LogP contribution is -2.05. The van der Waals surface area contributed by atoms with E-state index in [1.165, 1.54) is 6.33 Å². The fourth-order valence-electron chi connectivity index (χ4n) is 1.28. The van der Waals surface area contributed by atoms with Crippen LogP contribution in [0.3, 0.4) is 0 Å². The molecule has 0 fully saturated rings. The summed E-state index contributed by atoms with van der Waals surface area (Å²) in [5.74, 6) is 2.03. The van der Waals surface area contributed by atoms with Gasteiger partial charge in [-0.2, -0.15) is 4.98 Å². The summed E-state index contributed by atoms with van der Waals surface area (Å²) in [7, 11) is 0. The zero-order chi connectivity index (χ0) is 12.3. The fourth-order valence-corrected chi connectivity index (χ4v) is 1.28. The van der Waals surface area contributed by atoms with Crippen molar-refractivity contribution in [1.29, 1.82) is 0 Å². The van der Waals surface area contributed by atoms with Gasteiger partial charge in [-0.1, -0.05) is 5.16 Å². The molecule has 7 nitrogen and oxygen atoms in total. The van der Waals surface area contributed by atoms with Crippen LogP contribution < -0.4 is 15.8 Å². The smallest absolute Gasteiger partial charge is 0.242 e. The third kappa shape index (κ3) is 2.44. The molecule has 0 aromatic carbocycles. The molecule has 0 aliphatic heterocycles. The number of nitrogens with one attached hydrogen (secondary N) is 1. The van der Waals surface area contributed by atoms with Gasteiger partial charge in [0.15, 0.2) is 11.6 Å². The van der Waals surface area contributed by atoms with E-state index in [9.17, 15) is 0 Å². The summed E-state index contributed by atoms with van der Waals surface area (Å²) in [6.45, 7) is 4.15. The first-order chi connectivity index (χ1) is 8.20. The van der Waals surface area contributed by atoms with Crippen LogP contribution in [0.4, 0.5) is 17.3 Å². The number of anilines is 3. The third-order valence-corrected chi connectivity index (χ3v) is 2.00. The molecule has 0 saturated heterocycles. The number of hydrogen-bond acceptors (Lipinski definition) is 7. The quantitative estimate of drug-likeness (QED) is 0.828. The van der Waals surface area contributed by atoms with Gasteiger partial charge in [-0.05, 0) is 13.8 Å². The van der Waals surface area contributed by atoms with Gasteiger partial charge in [-0.25, -0.2) is 4.98 Å². The summed E-state index contributed by atoms with van der Waals surface area (Å²) in [5.41, 5.74) is 6.20. The minimum Gasteiger partial charge on any atom is -0.476 e. The van der Waals surface area contributed by atoms with Gasteiger partial charge >= 0.3 is 0 Å². The summed E-state index contributed by atoms with van der Waals surface area (Å²) in [4.78, 5) is 7.95. The van der Waals surface area contributed by atoms with E-state index in [0.29, 0.717) is 35.6 Å². The van der Waals surface area contributed by atoms with Crippen molar-refractivity contribution in [3.8, 4) is 5.88 Å². The highest BCUT2D eigenvalue weighted by Crippen LogP contribution is 2.26. The average Bonchev–Trinajstić information content (AvgIpc) is 2.70. The molecule has 0 amide bonds. The molecule has 2 heterocycles. The third-order valence-electron chi connectivity index (χ3n) is 2.00. The Morgan fingerprint density at radius 1 is 1.47 bits per heavy atom. The molecule has 3 N–H and O–H groups in total. The molecule has 90 valence electrons. The minimum absolute atomic E-state index is 0.343. The monoisotopic (exact) mass is 235 g/mol. The van der Waals surface area contributed by atoms with Crippen LogP contribution in [-0.4, -0.2) is 21.7 Å². The molecule has 0 saturated carbocycles. The van der Waals surface area contributed by atoms with Crippen molar-refractivity contribution in [1.82, 2.24) is 15.1 Å². The highest BCUT2D eigenvalue weighted by Gasteiger charge is 2.10. The molecule has 7 heteroatoms. The molecule has 2 aromatic rings. The Morgan fingerprint density at radius 2 is 2.29 bits per heavy atom. The molecule has 0 unspecified atom stereocenters. The molecule has 0 aliphatic carbocycles. The van der Waals surface area contributed by atoms with E-state index in [0.717, 1.165) is 0 Å². The van der Waals surface area contributed by atoms with E-state index in [1.54, 1.807) is 13.0 Å². The van der Waals surface area contributed by atoms with Crippen LogP contribution in [0.5, 0.6) is 5.88 Å². The Labute approximate surface area is 98.0 Å². The molecule has 0 radical (unpaired) electrons. The molecule has 17 heavy (non-hydrogen) atoms. The Kier molecular flexibility index (Phi) is 3.08. The molecule has 0 bridgehead atoms. The molecular formula is C10H13N5O2. The number of hydrogen-bond donors (Lipinski definition) is 2. The maximum Gasteiger partial charge on any atom is 0.242 e. The van der Waals surface area contributed by atoms with Crippen LogP contribution in [0.2, 0.25) is 0 Å². The molecule has 0 aliphatic rings. The van der Waals surface area contributed by atoms with Crippen LogP contribution in [-0.2, 0) is 0 Å². The summed E-state index contributed by atoms with van der Waals surface area (Å²) in [6.07, 6.45) is 1.37. The topological polar surface area (TPSA) is 99.1 Å². The first kappa shape index (κ1) is 11.2. The van der Waals surface area contributed by atoms with Crippen molar-refractivity contribution < 1.29 is 9.26 Å². The highest BCUT2D eigenvalue weighted by atomic mass is 16.5. The van der Waals surface area contributed by atoms with Crippen molar-refractivity contribution in [3.63, 3.8) is 0 Å². The normalized spacial score (nSPS) is 10.2. The van der Waals surface area contributed by atoms with Gasteiger partial charge in [0.05, 0.1) is 6.61 Å². The molecule has 2 rings (SSSR count). The van der Waals surface area contributed by atoms with Gasteiger partial charge in [0.2, 0.25) is 5.88 Å². The standard InChI is InChI=1S/C10H13N5O2/c1-3-16-10-8(11)9(12-5-13-10)14-7-4-6(2)17-15-7/h4-5H,3,11H2,1-2H3,(H,12,13,14,15). The van der Waals surface area contributed by atoms with E-state index < -0.39 is 0 Å². The summed E-state index contributed by atoms with van der Waals surface area (Å²) in [6, 6.07) is 1.74. The van der Waals surface area contributed by atoms with Crippen LogP contribution in [0.1, 0.15) is 12.7 Å². The molecule has 0 atom stereocenters. The molecular weight excluding hydrogens is 222 g/mol. The second-order valence-electron chi connectivity index (χ2n) is 3.32. The zero-order valence-electron chi connectivity index (χ0n) is 9.60. The lowest BCUT2D eigenvalue weighted by Gasteiger charge is -2.08. The van der Waals surface area contributed by atoms with E-state index in [4.69, 9.17) is 15.0 Å². The number of nitrogen functional groups attached to an aromatic ring is 1. The first-order valence-corrected chi connectivity index (χ1v) is 5.14. The van der Waals surface area contributed by atoms with Crippen molar-refractivity contribution in [2.75, 3.05) is 17.7 Å². The van der Waals surface area contributed by atoms with Crippen LogP contribution in [0.15, 0.2) is 16.9 Å². The number of aryl methyl sites for hydroxylation is 1. The van der Waals surface area contributed by atoms with Crippen molar-refractivity contribution in [2.24, 2.45) is 0 Å². The van der Waals surface area contributed by atoms with E-state index in [2.05, 4.69) is 20.4 Å². The Hall–Kier alpha value is -2.31. The van der Waals surface area contributed by atoms with E-state index in [-0.39, 0.29) is 0 Å². The average molecular weight is 235 g/mol. The Morgan fingerprint density at radius 3 is 2.94 bits per heavy atom. The maximum atomic E-state index is 5.85. The Bertz CT molecular complexity index is 511. The number of ether oxygens (including phenoxy) is 1. The van der Waals surface area contributed by atoms with Gasteiger partial charge < -0.3 is 20.3 Å². The van der Waals surface area contributed by atoms with Crippen molar-refractivity contribution >= 4 is 17.3 Å². The van der Waals surface area contributed by atoms with Gasteiger partial charge in [0.25, 0.3) is 0 Å². The van der Waals surface area contributed by atoms with Crippen LogP contribution in [0.25, 0.3) is 0 Å². The summed E-state index contributed by atoms with van der Waals surface area (Å²) >= 11 is 0. The number of aromatic nitrogens is 3. The molecule has 2 aromatic heterocycles. The van der Waals surface area contributed by atoms with Crippen molar-refractivity contribution in [2.45, 2.75) is 13.8 Å². The number of nitrogens with two attached hydrogens (primary N) is 1. The second kappa shape index (κ2) is 4.69. The van der Waals surface area contributed by atoms with Gasteiger partial charge in [-0.3, -0.25) is 0 Å². The van der Waals surface area contributed by atoms with Crippen LogP contribution in [0, 0.1) is 6.92 Å². The van der Waals surface area contributed by atoms with Crippen LogP contribution >= 0.6 is 0 Å². The van der Waals surface area contributed by atoms with Gasteiger partial charge in [-0.15, -0.1) is 0 Å². The first-order valence-electron chi connectivity index (χ1n) is 5.14. The number of rotatable bonds is 4. The second-order valence-corrected chi connectivity index (χ2v) is 3.32. The summed E-state index contributed by atoms with van der Waals surface area (Å²) < 4.78 is 10.2.